The molecule has 0 unspecified atom stereocenters. The molecule has 0 radical (unpaired) electrons. The fourth-order valence-electron chi connectivity index (χ4n) is 4.17. The molecule has 3 rings (SSSR count). The standard InChI is InChI=1S/C31H37ClN2O3/c1-21-16-22(2)23(3)28(17-21)37-20-29(35)34(19-25-12-14-26(32)15-13-25)27(30(36)33-31(4,5)6)18-24-10-8-7-9-11-24/h7-17,27H,18-20H2,1-6H3,(H,33,36)/t27-/m0/s1. The van der Waals surface area contributed by atoms with Crippen LogP contribution in [0.3, 0.4) is 0 Å². The van der Waals surface area contributed by atoms with E-state index in [0.29, 0.717) is 17.2 Å². The first-order valence-electron chi connectivity index (χ1n) is 12.5. The van der Waals surface area contributed by atoms with Crippen molar-refractivity contribution in [3.8, 4) is 5.75 Å². The Bertz CT molecular complexity index is 1220. The number of amides is 2. The quantitative estimate of drug-likeness (QED) is 0.365. The van der Waals surface area contributed by atoms with Crippen molar-refractivity contribution >= 4 is 23.4 Å². The van der Waals surface area contributed by atoms with E-state index in [1.807, 2.05) is 90.1 Å². The summed E-state index contributed by atoms with van der Waals surface area (Å²) in [7, 11) is 0. The highest BCUT2D eigenvalue weighted by Crippen LogP contribution is 2.24. The predicted octanol–water partition coefficient (Wildman–Crippen LogP) is 6.20. The van der Waals surface area contributed by atoms with Crippen molar-refractivity contribution in [1.82, 2.24) is 10.2 Å². The van der Waals surface area contributed by atoms with Gasteiger partial charge in [0.2, 0.25) is 5.91 Å². The molecule has 0 aliphatic rings. The van der Waals surface area contributed by atoms with Crippen LogP contribution in [0, 0.1) is 20.8 Å². The molecule has 0 aliphatic carbocycles. The van der Waals surface area contributed by atoms with Crippen molar-refractivity contribution in [1.29, 1.82) is 0 Å². The zero-order valence-electron chi connectivity index (χ0n) is 22.6. The lowest BCUT2D eigenvalue weighted by Crippen LogP contribution is -2.55. The largest absolute Gasteiger partial charge is 0.483 e. The van der Waals surface area contributed by atoms with Crippen LogP contribution in [0.15, 0.2) is 66.7 Å². The number of halogens is 1. The molecule has 37 heavy (non-hydrogen) atoms. The molecule has 0 spiro atoms. The summed E-state index contributed by atoms with van der Waals surface area (Å²) in [6.07, 6.45) is 0.380. The van der Waals surface area contributed by atoms with Crippen LogP contribution in [0.5, 0.6) is 5.75 Å². The molecule has 0 bridgehead atoms. The molecule has 2 amide bonds. The third-order valence-corrected chi connectivity index (χ3v) is 6.40. The summed E-state index contributed by atoms with van der Waals surface area (Å²) in [5, 5.41) is 3.69. The van der Waals surface area contributed by atoms with Crippen molar-refractivity contribution in [2.75, 3.05) is 6.61 Å². The van der Waals surface area contributed by atoms with Gasteiger partial charge in [0.1, 0.15) is 11.8 Å². The highest BCUT2D eigenvalue weighted by atomic mass is 35.5. The Kier molecular flexibility index (Phi) is 9.39. The summed E-state index contributed by atoms with van der Waals surface area (Å²) in [6, 6.07) is 20.4. The number of aryl methyl sites for hydroxylation is 2. The lowest BCUT2D eigenvalue weighted by Gasteiger charge is -2.34. The highest BCUT2D eigenvalue weighted by molar-refractivity contribution is 6.30. The predicted molar refractivity (Wildman–Crippen MR) is 150 cm³/mol. The smallest absolute Gasteiger partial charge is 0.261 e. The summed E-state index contributed by atoms with van der Waals surface area (Å²) in [6.45, 7) is 11.9. The van der Waals surface area contributed by atoms with Crippen LogP contribution in [0.4, 0.5) is 0 Å². The number of nitrogens with one attached hydrogen (secondary N) is 1. The molecule has 3 aromatic rings. The van der Waals surface area contributed by atoms with Crippen molar-refractivity contribution in [2.45, 2.75) is 66.1 Å². The Balaban J connectivity index is 1.95. The summed E-state index contributed by atoms with van der Waals surface area (Å²) in [5.74, 6) is 0.204. The normalized spacial score (nSPS) is 12.1. The summed E-state index contributed by atoms with van der Waals surface area (Å²) in [4.78, 5) is 29.0. The molecule has 5 nitrogen and oxygen atoms in total. The Hall–Kier alpha value is -3.31. The molecule has 1 N–H and O–H groups in total. The van der Waals surface area contributed by atoms with Gasteiger partial charge in [-0.05, 0) is 87.6 Å². The molecule has 1 atom stereocenters. The van der Waals surface area contributed by atoms with E-state index in [4.69, 9.17) is 16.3 Å². The van der Waals surface area contributed by atoms with Crippen LogP contribution in [0.25, 0.3) is 0 Å². The van der Waals surface area contributed by atoms with E-state index in [-0.39, 0.29) is 25.0 Å². The topological polar surface area (TPSA) is 58.6 Å². The van der Waals surface area contributed by atoms with Gasteiger partial charge in [-0.1, -0.05) is 60.1 Å². The molecular weight excluding hydrogens is 484 g/mol. The van der Waals surface area contributed by atoms with Gasteiger partial charge < -0.3 is 15.0 Å². The van der Waals surface area contributed by atoms with Gasteiger partial charge in [-0.15, -0.1) is 0 Å². The molecule has 3 aromatic carbocycles. The first kappa shape index (κ1) is 28.3. The van der Waals surface area contributed by atoms with E-state index in [2.05, 4.69) is 11.4 Å². The van der Waals surface area contributed by atoms with E-state index >= 15 is 0 Å². The molecule has 0 saturated heterocycles. The molecule has 0 fully saturated rings. The van der Waals surface area contributed by atoms with Crippen molar-refractivity contribution in [2.24, 2.45) is 0 Å². The molecule has 0 aliphatic heterocycles. The second kappa shape index (κ2) is 12.3. The average Bonchev–Trinajstić information content (AvgIpc) is 2.83. The third kappa shape index (κ3) is 8.36. The summed E-state index contributed by atoms with van der Waals surface area (Å²) >= 11 is 6.10. The van der Waals surface area contributed by atoms with Gasteiger partial charge in [0.25, 0.3) is 5.91 Å². The van der Waals surface area contributed by atoms with Gasteiger partial charge in [-0.25, -0.2) is 0 Å². The molecule has 196 valence electrons. The van der Waals surface area contributed by atoms with Gasteiger partial charge in [-0.3, -0.25) is 9.59 Å². The minimum absolute atomic E-state index is 0.175. The number of benzene rings is 3. The number of hydrogen-bond donors (Lipinski definition) is 1. The lowest BCUT2D eigenvalue weighted by molar-refractivity contribution is -0.143. The molecule has 0 aromatic heterocycles. The second-order valence-electron chi connectivity index (χ2n) is 10.6. The number of nitrogens with zero attached hydrogens (tertiary/aromatic N) is 1. The number of carbonyl (C=O) groups excluding carboxylic acids is 2. The van der Waals surface area contributed by atoms with Crippen molar-refractivity contribution in [3.63, 3.8) is 0 Å². The highest BCUT2D eigenvalue weighted by Gasteiger charge is 2.32. The van der Waals surface area contributed by atoms with Crippen molar-refractivity contribution in [3.05, 3.63) is 99.6 Å². The van der Waals surface area contributed by atoms with Gasteiger partial charge in [-0.2, -0.15) is 0 Å². The maximum atomic E-state index is 13.8. The van der Waals surface area contributed by atoms with Gasteiger partial charge in [0.05, 0.1) is 0 Å². The first-order chi connectivity index (χ1) is 17.4. The van der Waals surface area contributed by atoms with Crippen molar-refractivity contribution < 1.29 is 14.3 Å². The van der Waals surface area contributed by atoms with Crippen LogP contribution in [0.1, 0.15) is 48.6 Å². The molecule has 0 saturated carbocycles. The number of rotatable bonds is 9. The number of carbonyl (C=O) groups is 2. The number of hydrogen-bond acceptors (Lipinski definition) is 3. The Morgan fingerprint density at radius 1 is 0.946 bits per heavy atom. The van der Waals surface area contributed by atoms with Gasteiger partial charge >= 0.3 is 0 Å². The van der Waals surface area contributed by atoms with E-state index in [0.717, 1.165) is 27.8 Å². The van der Waals surface area contributed by atoms with Gasteiger partial charge in [0.15, 0.2) is 6.61 Å². The fourth-order valence-corrected chi connectivity index (χ4v) is 4.29. The summed E-state index contributed by atoms with van der Waals surface area (Å²) < 4.78 is 6.04. The first-order valence-corrected chi connectivity index (χ1v) is 12.9. The van der Waals surface area contributed by atoms with Crippen LogP contribution >= 0.6 is 11.6 Å². The minimum Gasteiger partial charge on any atom is -0.483 e. The van der Waals surface area contributed by atoms with Crippen LogP contribution in [-0.2, 0) is 22.6 Å². The van der Waals surface area contributed by atoms with E-state index in [1.165, 1.54) is 0 Å². The maximum absolute atomic E-state index is 13.8. The number of ether oxygens (including phenoxy) is 1. The van der Waals surface area contributed by atoms with Gasteiger partial charge in [0, 0.05) is 23.5 Å². The summed E-state index contributed by atoms with van der Waals surface area (Å²) in [5.41, 5.74) is 4.56. The monoisotopic (exact) mass is 520 g/mol. The van der Waals surface area contributed by atoms with E-state index < -0.39 is 11.6 Å². The SMILES string of the molecule is Cc1cc(C)c(C)c(OCC(=O)N(Cc2ccc(Cl)cc2)[C@@H](Cc2ccccc2)C(=O)NC(C)(C)C)c1. The molecule has 6 heteroatoms. The molecular formula is C31H37ClN2O3. The Labute approximate surface area is 225 Å². The van der Waals surface area contributed by atoms with Crippen LogP contribution in [-0.4, -0.2) is 34.9 Å². The minimum atomic E-state index is -0.728. The van der Waals surface area contributed by atoms with E-state index in [9.17, 15) is 9.59 Å². The Morgan fingerprint density at radius 3 is 2.22 bits per heavy atom. The van der Waals surface area contributed by atoms with E-state index in [1.54, 1.807) is 17.0 Å². The van der Waals surface area contributed by atoms with Crippen LogP contribution < -0.4 is 10.1 Å². The maximum Gasteiger partial charge on any atom is 0.261 e. The zero-order chi connectivity index (χ0) is 27.2. The second-order valence-corrected chi connectivity index (χ2v) is 11.0. The fraction of sp³-hybridized carbons (Fsp3) is 0.355. The average molecular weight is 521 g/mol. The lowest BCUT2D eigenvalue weighted by atomic mass is 10.0. The Morgan fingerprint density at radius 2 is 1.59 bits per heavy atom. The third-order valence-electron chi connectivity index (χ3n) is 6.15. The zero-order valence-corrected chi connectivity index (χ0v) is 23.4. The molecule has 0 heterocycles. The van der Waals surface area contributed by atoms with Crippen LogP contribution in [0.2, 0.25) is 5.02 Å².